The molecule has 0 aromatic heterocycles. The van der Waals surface area contributed by atoms with Gasteiger partial charge >= 0.3 is 6.03 Å². The lowest BCUT2D eigenvalue weighted by molar-refractivity contribution is 0.199. The van der Waals surface area contributed by atoms with Crippen molar-refractivity contribution in [2.75, 3.05) is 13.1 Å². The number of hydrogen-bond donors (Lipinski definition) is 1. The molecule has 0 heterocycles. The van der Waals surface area contributed by atoms with Crippen molar-refractivity contribution in [1.29, 1.82) is 0 Å². The standard InChI is InChI=1S/C14H20N2O/c1-3-16(4-2)14(17)15-13-10-9-11-7-5-6-8-12(11)13/h5-8,13H,3-4,9-10H2,1-2H3,(H,15,17). The van der Waals surface area contributed by atoms with Crippen LogP contribution in [0.5, 0.6) is 0 Å². The zero-order valence-electron chi connectivity index (χ0n) is 10.6. The maximum Gasteiger partial charge on any atom is 0.317 e. The summed E-state index contributed by atoms with van der Waals surface area (Å²) < 4.78 is 0. The van der Waals surface area contributed by atoms with Crippen LogP contribution in [0.1, 0.15) is 37.4 Å². The summed E-state index contributed by atoms with van der Waals surface area (Å²) in [5, 5.41) is 3.12. The maximum absolute atomic E-state index is 12.0. The number of nitrogens with zero attached hydrogens (tertiary/aromatic N) is 1. The van der Waals surface area contributed by atoms with Gasteiger partial charge in [-0.05, 0) is 37.8 Å². The average Bonchev–Trinajstić information content (AvgIpc) is 2.74. The van der Waals surface area contributed by atoms with Crippen LogP contribution in [0.25, 0.3) is 0 Å². The van der Waals surface area contributed by atoms with Crippen LogP contribution in [0.4, 0.5) is 4.79 Å². The number of carbonyl (C=O) groups excluding carboxylic acids is 1. The van der Waals surface area contributed by atoms with Crippen molar-refractivity contribution in [2.24, 2.45) is 0 Å². The van der Waals surface area contributed by atoms with Gasteiger partial charge in [-0.2, -0.15) is 0 Å². The number of urea groups is 1. The van der Waals surface area contributed by atoms with Gasteiger partial charge in [0.2, 0.25) is 0 Å². The van der Waals surface area contributed by atoms with E-state index in [1.807, 2.05) is 24.8 Å². The summed E-state index contributed by atoms with van der Waals surface area (Å²) in [6.07, 6.45) is 2.09. The molecule has 17 heavy (non-hydrogen) atoms. The van der Waals surface area contributed by atoms with Crippen LogP contribution in [0, 0.1) is 0 Å². The Labute approximate surface area is 103 Å². The van der Waals surface area contributed by atoms with Crippen LogP contribution < -0.4 is 5.32 Å². The predicted molar refractivity (Wildman–Crippen MR) is 69.0 cm³/mol. The van der Waals surface area contributed by atoms with E-state index in [1.54, 1.807) is 0 Å². The molecule has 0 fully saturated rings. The first-order chi connectivity index (χ1) is 8.26. The fourth-order valence-electron chi connectivity index (χ4n) is 2.46. The second-order valence-corrected chi connectivity index (χ2v) is 4.41. The first kappa shape index (κ1) is 12.0. The van der Waals surface area contributed by atoms with Crippen LogP contribution in [0.3, 0.4) is 0 Å². The summed E-state index contributed by atoms with van der Waals surface area (Å²) in [7, 11) is 0. The van der Waals surface area contributed by atoms with Gasteiger partial charge in [-0.1, -0.05) is 24.3 Å². The quantitative estimate of drug-likeness (QED) is 0.854. The van der Waals surface area contributed by atoms with Crippen LogP contribution >= 0.6 is 0 Å². The molecule has 0 aliphatic heterocycles. The zero-order chi connectivity index (χ0) is 12.3. The molecule has 3 heteroatoms. The molecule has 1 unspecified atom stereocenters. The number of rotatable bonds is 3. The molecule has 1 aliphatic rings. The maximum atomic E-state index is 12.0. The van der Waals surface area contributed by atoms with Gasteiger partial charge in [0.05, 0.1) is 6.04 Å². The molecule has 0 saturated carbocycles. The van der Waals surface area contributed by atoms with Crippen molar-refractivity contribution in [2.45, 2.75) is 32.7 Å². The number of amides is 2. The lowest BCUT2D eigenvalue weighted by Crippen LogP contribution is -2.40. The number of aryl methyl sites for hydroxylation is 1. The Morgan fingerprint density at radius 3 is 2.76 bits per heavy atom. The molecule has 0 bridgehead atoms. The molecule has 92 valence electrons. The van der Waals surface area contributed by atoms with E-state index in [9.17, 15) is 4.79 Å². The summed E-state index contributed by atoms with van der Waals surface area (Å²) >= 11 is 0. The van der Waals surface area contributed by atoms with Gasteiger partial charge in [-0.3, -0.25) is 0 Å². The van der Waals surface area contributed by atoms with E-state index in [2.05, 4.69) is 23.5 Å². The lowest BCUT2D eigenvalue weighted by atomic mass is 10.1. The minimum absolute atomic E-state index is 0.0525. The largest absolute Gasteiger partial charge is 0.331 e. The SMILES string of the molecule is CCN(CC)C(=O)NC1CCc2ccccc21. The molecule has 2 rings (SSSR count). The van der Waals surface area contributed by atoms with Crippen molar-refractivity contribution in [3.8, 4) is 0 Å². The fourth-order valence-corrected chi connectivity index (χ4v) is 2.46. The third-order valence-electron chi connectivity index (χ3n) is 3.48. The Hall–Kier alpha value is -1.51. The number of fused-ring (bicyclic) bond motifs is 1. The van der Waals surface area contributed by atoms with Crippen LogP contribution in [0.15, 0.2) is 24.3 Å². The van der Waals surface area contributed by atoms with E-state index in [-0.39, 0.29) is 12.1 Å². The van der Waals surface area contributed by atoms with Crippen LogP contribution in [-0.4, -0.2) is 24.0 Å². The number of carbonyl (C=O) groups is 1. The Kier molecular flexibility index (Phi) is 3.67. The average molecular weight is 232 g/mol. The highest BCUT2D eigenvalue weighted by molar-refractivity contribution is 5.74. The molecule has 0 spiro atoms. The molecule has 1 aromatic carbocycles. The van der Waals surface area contributed by atoms with Crippen LogP contribution in [0.2, 0.25) is 0 Å². The van der Waals surface area contributed by atoms with Gasteiger partial charge in [-0.15, -0.1) is 0 Å². The van der Waals surface area contributed by atoms with Crippen molar-refractivity contribution in [3.63, 3.8) is 0 Å². The van der Waals surface area contributed by atoms with Gasteiger partial charge in [0.25, 0.3) is 0 Å². The molecule has 2 amide bonds. The Morgan fingerprint density at radius 1 is 1.35 bits per heavy atom. The number of nitrogens with one attached hydrogen (secondary N) is 1. The molecular weight excluding hydrogens is 212 g/mol. The van der Waals surface area contributed by atoms with Gasteiger partial charge < -0.3 is 10.2 Å². The number of benzene rings is 1. The van der Waals surface area contributed by atoms with Crippen molar-refractivity contribution in [1.82, 2.24) is 10.2 Å². The first-order valence-corrected chi connectivity index (χ1v) is 6.39. The van der Waals surface area contributed by atoms with E-state index in [4.69, 9.17) is 0 Å². The van der Waals surface area contributed by atoms with Crippen LogP contribution in [-0.2, 0) is 6.42 Å². The summed E-state index contributed by atoms with van der Waals surface area (Å²) in [4.78, 5) is 13.8. The van der Waals surface area contributed by atoms with Gasteiger partial charge in [0.15, 0.2) is 0 Å². The Balaban J connectivity index is 2.04. The van der Waals surface area contributed by atoms with E-state index >= 15 is 0 Å². The fraction of sp³-hybridized carbons (Fsp3) is 0.500. The normalized spacial score (nSPS) is 17.6. The monoisotopic (exact) mass is 232 g/mol. The summed E-state index contributed by atoms with van der Waals surface area (Å²) in [5.41, 5.74) is 2.66. The molecule has 1 N–H and O–H groups in total. The minimum Gasteiger partial charge on any atom is -0.331 e. The van der Waals surface area contributed by atoms with Crippen molar-refractivity contribution < 1.29 is 4.79 Å². The highest BCUT2D eigenvalue weighted by Crippen LogP contribution is 2.30. The van der Waals surface area contributed by atoms with E-state index in [0.717, 1.165) is 25.9 Å². The van der Waals surface area contributed by atoms with E-state index in [1.165, 1.54) is 11.1 Å². The molecule has 1 aliphatic carbocycles. The van der Waals surface area contributed by atoms with E-state index in [0.29, 0.717) is 0 Å². The third kappa shape index (κ3) is 2.43. The predicted octanol–water partition coefficient (Wildman–Crippen LogP) is 2.73. The highest BCUT2D eigenvalue weighted by atomic mass is 16.2. The van der Waals surface area contributed by atoms with Gasteiger partial charge in [0.1, 0.15) is 0 Å². The lowest BCUT2D eigenvalue weighted by Gasteiger charge is -2.22. The summed E-state index contributed by atoms with van der Waals surface area (Å²) in [5.74, 6) is 0. The summed E-state index contributed by atoms with van der Waals surface area (Å²) in [6.45, 7) is 5.53. The molecule has 0 radical (unpaired) electrons. The molecular formula is C14H20N2O. The highest BCUT2D eigenvalue weighted by Gasteiger charge is 2.24. The Morgan fingerprint density at radius 2 is 2.06 bits per heavy atom. The van der Waals surface area contributed by atoms with Crippen molar-refractivity contribution in [3.05, 3.63) is 35.4 Å². The van der Waals surface area contributed by atoms with Crippen molar-refractivity contribution >= 4 is 6.03 Å². The van der Waals surface area contributed by atoms with E-state index < -0.39 is 0 Å². The summed E-state index contributed by atoms with van der Waals surface area (Å²) in [6, 6.07) is 8.62. The number of hydrogen-bond acceptors (Lipinski definition) is 1. The minimum atomic E-state index is 0.0525. The molecule has 1 atom stereocenters. The zero-order valence-corrected chi connectivity index (χ0v) is 10.6. The molecule has 1 aromatic rings. The topological polar surface area (TPSA) is 32.3 Å². The second kappa shape index (κ2) is 5.21. The van der Waals surface area contributed by atoms with Gasteiger partial charge in [0, 0.05) is 13.1 Å². The molecule has 0 saturated heterocycles. The van der Waals surface area contributed by atoms with Gasteiger partial charge in [-0.25, -0.2) is 4.79 Å². The Bertz CT molecular complexity index is 399. The third-order valence-corrected chi connectivity index (χ3v) is 3.48. The second-order valence-electron chi connectivity index (χ2n) is 4.41. The molecule has 3 nitrogen and oxygen atoms in total. The first-order valence-electron chi connectivity index (χ1n) is 6.39. The smallest absolute Gasteiger partial charge is 0.317 e.